The number of alkyl halides is 1. The Bertz CT molecular complexity index is 94.6. The Morgan fingerprint density at radius 1 is 1.00 bits per heavy atom. The summed E-state index contributed by atoms with van der Waals surface area (Å²) in [6.07, 6.45) is 5.96. The van der Waals surface area contributed by atoms with Crippen molar-refractivity contribution < 1.29 is 0 Å². The van der Waals surface area contributed by atoms with Gasteiger partial charge >= 0.3 is 0 Å². The van der Waals surface area contributed by atoms with E-state index in [1.807, 2.05) is 0 Å². The Morgan fingerprint density at radius 2 is 1.75 bits per heavy atom. The molecule has 0 unspecified atom stereocenters. The molecular weight excluding hydrogens is 164 g/mol. The van der Waals surface area contributed by atoms with Crippen LogP contribution in [0.2, 0.25) is 0 Å². The molecule has 2 saturated carbocycles. The molecule has 1 heteroatoms. The van der Waals surface area contributed by atoms with E-state index in [1.165, 1.54) is 25.7 Å². The van der Waals surface area contributed by atoms with E-state index in [0.717, 1.165) is 16.7 Å². The second-order valence-electron chi connectivity index (χ2n) is 3.09. The van der Waals surface area contributed by atoms with Gasteiger partial charge in [0.1, 0.15) is 0 Å². The van der Waals surface area contributed by atoms with Crippen molar-refractivity contribution in [2.24, 2.45) is 11.8 Å². The maximum absolute atomic E-state index is 3.70. The molecule has 3 atom stereocenters. The third-order valence-electron chi connectivity index (χ3n) is 2.75. The second-order valence-corrected chi connectivity index (χ2v) is 4.27. The lowest BCUT2D eigenvalue weighted by atomic mass is 9.76. The van der Waals surface area contributed by atoms with Crippen molar-refractivity contribution in [2.75, 3.05) is 0 Å². The number of halogens is 1. The first-order valence-corrected chi connectivity index (χ1v) is 4.43. The van der Waals surface area contributed by atoms with Crippen LogP contribution in [0.1, 0.15) is 25.7 Å². The first kappa shape index (κ1) is 5.28. The summed E-state index contributed by atoms with van der Waals surface area (Å²) in [6.45, 7) is 0. The van der Waals surface area contributed by atoms with Gasteiger partial charge < -0.3 is 0 Å². The zero-order valence-electron chi connectivity index (χ0n) is 4.94. The van der Waals surface area contributed by atoms with E-state index in [2.05, 4.69) is 15.9 Å². The minimum atomic E-state index is 0.890. The molecule has 46 valence electrons. The second kappa shape index (κ2) is 1.73. The Labute approximate surface area is 58.8 Å². The average molecular weight is 175 g/mol. The maximum atomic E-state index is 3.70. The van der Waals surface area contributed by atoms with E-state index in [-0.39, 0.29) is 0 Å². The normalized spacial score (nSPS) is 52.9. The summed E-state index contributed by atoms with van der Waals surface area (Å²) in [6, 6.07) is 0. The van der Waals surface area contributed by atoms with Gasteiger partial charge in [-0.1, -0.05) is 15.9 Å². The molecule has 0 aromatic heterocycles. The Morgan fingerprint density at radius 3 is 2.00 bits per heavy atom. The van der Waals surface area contributed by atoms with Crippen molar-refractivity contribution in [3.8, 4) is 0 Å². The summed E-state index contributed by atoms with van der Waals surface area (Å²) in [5, 5.41) is 0. The third kappa shape index (κ3) is 0.570. The maximum Gasteiger partial charge on any atom is 0.0176 e. The highest BCUT2D eigenvalue weighted by Gasteiger charge is 2.40. The largest absolute Gasteiger partial charge is 0.0888 e. The van der Waals surface area contributed by atoms with Crippen molar-refractivity contribution in [3.05, 3.63) is 0 Å². The van der Waals surface area contributed by atoms with E-state index < -0.39 is 0 Å². The Hall–Kier alpha value is 0.480. The molecule has 2 aliphatic carbocycles. The van der Waals surface area contributed by atoms with E-state index in [9.17, 15) is 0 Å². The lowest BCUT2D eigenvalue weighted by Gasteiger charge is -2.31. The molecule has 2 aliphatic rings. The molecular formula is C7H11Br. The lowest BCUT2D eigenvalue weighted by molar-refractivity contribution is 0.224. The Balaban J connectivity index is 2.05. The minimum Gasteiger partial charge on any atom is -0.0888 e. The van der Waals surface area contributed by atoms with Crippen LogP contribution in [0, 0.1) is 11.8 Å². The molecule has 0 bridgehead atoms. The molecule has 0 nitrogen and oxygen atoms in total. The SMILES string of the molecule is Br[C@@H]1CC[C@@H]2CC[C@@H]21. The third-order valence-corrected chi connectivity index (χ3v) is 3.89. The first-order chi connectivity index (χ1) is 3.88. The number of rotatable bonds is 0. The minimum absolute atomic E-state index is 0.890. The molecule has 0 radical (unpaired) electrons. The standard InChI is InChI=1S/C7H11Br/c8-7-4-2-5-1-3-6(5)7/h5-7H,1-4H2/t5-,6-,7+/m0/s1. The predicted octanol–water partition coefficient (Wildman–Crippen LogP) is 2.57. The molecule has 0 spiro atoms. The van der Waals surface area contributed by atoms with Crippen LogP contribution in [0.5, 0.6) is 0 Å². The van der Waals surface area contributed by atoms with Crippen LogP contribution in [0.4, 0.5) is 0 Å². The fraction of sp³-hybridized carbons (Fsp3) is 1.00. The smallest absolute Gasteiger partial charge is 0.0176 e. The van der Waals surface area contributed by atoms with Gasteiger partial charge in [-0.25, -0.2) is 0 Å². The van der Waals surface area contributed by atoms with Crippen molar-refractivity contribution >= 4 is 15.9 Å². The van der Waals surface area contributed by atoms with Gasteiger partial charge in [0.15, 0.2) is 0 Å². The highest BCUT2D eigenvalue weighted by molar-refractivity contribution is 9.09. The molecule has 0 saturated heterocycles. The monoisotopic (exact) mass is 174 g/mol. The summed E-state index contributed by atoms with van der Waals surface area (Å²) < 4.78 is 0. The van der Waals surface area contributed by atoms with Crippen molar-refractivity contribution in [1.82, 2.24) is 0 Å². The van der Waals surface area contributed by atoms with E-state index in [4.69, 9.17) is 0 Å². The van der Waals surface area contributed by atoms with Gasteiger partial charge in [0.05, 0.1) is 0 Å². The number of hydrogen-bond acceptors (Lipinski definition) is 0. The van der Waals surface area contributed by atoms with Crippen molar-refractivity contribution in [1.29, 1.82) is 0 Å². The highest BCUT2D eigenvalue weighted by Crippen LogP contribution is 2.49. The molecule has 0 aromatic rings. The highest BCUT2D eigenvalue weighted by atomic mass is 79.9. The number of fused-ring (bicyclic) bond motifs is 1. The summed E-state index contributed by atoms with van der Waals surface area (Å²) in [7, 11) is 0. The van der Waals surface area contributed by atoms with E-state index in [0.29, 0.717) is 0 Å². The van der Waals surface area contributed by atoms with Crippen LogP contribution >= 0.6 is 15.9 Å². The average Bonchev–Trinajstić information content (AvgIpc) is 1.80. The van der Waals surface area contributed by atoms with Gasteiger partial charge in [-0.05, 0) is 37.5 Å². The van der Waals surface area contributed by atoms with Gasteiger partial charge in [0.2, 0.25) is 0 Å². The summed E-state index contributed by atoms with van der Waals surface area (Å²) in [4.78, 5) is 0.890. The van der Waals surface area contributed by atoms with Crippen molar-refractivity contribution in [3.63, 3.8) is 0 Å². The summed E-state index contributed by atoms with van der Waals surface area (Å²) in [5.74, 6) is 2.20. The number of hydrogen-bond donors (Lipinski definition) is 0. The van der Waals surface area contributed by atoms with E-state index in [1.54, 1.807) is 0 Å². The van der Waals surface area contributed by atoms with Crippen LogP contribution in [0.25, 0.3) is 0 Å². The Kier molecular flexibility index (Phi) is 1.14. The molecule has 0 aromatic carbocycles. The zero-order chi connectivity index (χ0) is 5.56. The fourth-order valence-corrected chi connectivity index (χ4v) is 2.98. The quantitative estimate of drug-likeness (QED) is 0.496. The fourth-order valence-electron chi connectivity index (χ4n) is 2.02. The molecule has 0 aliphatic heterocycles. The predicted molar refractivity (Wildman–Crippen MR) is 38.2 cm³/mol. The topological polar surface area (TPSA) is 0 Å². The van der Waals surface area contributed by atoms with Crippen LogP contribution in [0.15, 0.2) is 0 Å². The molecule has 0 N–H and O–H groups in total. The first-order valence-electron chi connectivity index (χ1n) is 3.52. The summed E-state index contributed by atoms with van der Waals surface area (Å²) >= 11 is 3.70. The van der Waals surface area contributed by atoms with Crippen LogP contribution in [-0.4, -0.2) is 4.83 Å². The van der Waals surface area contributed by atoms with Crippen LogP contribution < -0.4 is 0 Å². The van der Waals surface area contributed by atoms with Gasteiger partial charge in [-0.2, -0.15) is 0 Å². The van der Waals surface area contributed by atoms with E-state index >= 15 is 0 Å². The van der Waals surface area contributed by atoms with Gasteiger partial charge in [0, 0.05) is 4.83 Å². The molecule has 2 rings (SSSR count). The molecule has 0 amide bonds. The zero-order valence-corrected chi connectivity index (χ0v) is 6.52. The van der Waals surface area contributed by atoms with Crippen LogP contribution in [-0.2, 0) is 0 Å². The summed E-state index contributed by atoms with van der Waals surface area (Å²) in [5.41, 5.74) is 0. The van der Waals surface area contributed by atoms with Crippen molar-refractivity contribution in [2.45, 2.75) is 30.5 Å². The van der Waals surface area contributed by atoms with Gasteiger partial charge in [-0.15, -0.1) is 0 Å². The molecule has 0 heterocycles. The van der Waals surface area contributed by atoms with Crippen LogP contribution in [0.3, 0.4) is 0 Å². The molecule has 8 heavy (non-hydrogen) atoms. The lowest BCUT2D eigenvalue weighted by Crippen LogP contribution is -2.24. The van der Waals surface area contributed by atoms with Gasteiger partial charge in [-0.3, -0.25) is 0 Å². The molecule has 2 fully saturated rings. The van der Waals surface area contributed by atoms with Gasteiger partial charge in [0.25, 0.3) is 0 Å².